The maximum absolute atomic E-state index is 13.4. The van der Waals surface area contributed by atoms with Gasteiger partial charge in [0.15, 0.2) is 0 Å². The summed E-state index contributed by atoms with van der Waals surface area (Å²) in [6.07, 6.45) is -1.90. The normalized spacial score (nSPS) is 20.4. The van der Waals surface area contributed by atoms with Crippen LogP contribution in [0.4, 0.5) is 22.0 Å². The number of nitrogens with one attached hydrogen (secondary N) is 1. The van der Waals surface area contributed by atoms with Crippen LogP contribution in [-0.4, -0.2) is 47.1 Å². The minimum atomic E-state index is -5.53. The fourth-order valence-electron chi connectivity index (χ4n) is 3.11. The van der Waals surface area contributed by atoms with E-state index in [9.17, 15) is 22.0 Å². The molecule has 0 fully saturated rings. The number of fused-ring (bicyclic) bond motifs is 1. The largest absolute Gasteiger partial charge is 0.453 e. The third kappa shape index (κ3) is 3.15. The van der Waals surface area contributed by atoms with E-state index in [1.54, 1.807) is 30.4 Å². The van der Waals surface area contributed by atoms with E-state index >= 15 is 0 Å². The summed E-state index contributed by atoms with van der Waals surface area (Å²) in [7, 11) is 1.71. The first-order valence-corrected chi connectivity index (χ1v) is 7.43. The van der Waals surface area contributed by atoms with Crippen LogP contribution >= 0.6 is 0 Å². The molecule has 24 heavy (non-hydrogen) atoms. The van der Waals surface area contributed by atoms with Crippen LogP contribution in [0.25, 0.3) is 16.6 Å². The Morgan fingerprint density at radius 3 is 2.75 bits per heavy atom. The number of pyridine rings is 1. The highest BCUT2D eigenvalue weighted by Gasteiger charge is 2.57. The van der Waals surface area contributed by atoms with E-state index in [1.807, 2.05) is 6.07 Å². The van der Waals surface area contributed by atoms with Crippen molar-refractivity contribution < 1.29 is 22.0 Å². The summed E-state index contributed by atoms with van der Waals surface area (Å²) in [5.41, 5.74) is 2.16. The maximum Gasteiger partial charge on any atom is 0.453 e. The van der Waals surface area contributed by atoms with Gasteiger partial charge in [0.2, 0.25) is 0 Å². The molecule has 3 rings (SSSR count). The second-order valence-corrected chi connectivity index (χ2v) is 6.16. The Morgan fingerprint density at radius 1 is 1.29 bits per heavy atom. The SMILES string of the molecule is CN1CC(c2c[nH]c3ncccc23)=CC(CC(F)(F)C(F)(F)F)C1. The lowest BCUT2D eigenvalue weighted by molar-refractivity contribution is -0.287. The summed E-state index contributed by atoms with van der Waals surface area (Å²) < 4.78 is 64.2. The second kappa shape index (κ2) is 5.84. The molecule has 3 nitrogen and oxygen atoms in total. The average Bonchev–Trinajstić information content (AvgIpc) is 2.88. The van der Waals surface area contributed by atoms with Gasteiger partial charge in [-0.05, 0) is 30.7 Å². The topological polar surface area (TPSA) is 31.9 Å². The van der Waals surface area contributed by atoms with E-state index in [0.29, 0.717) is 12.2 Å². The third-order valence-electron chi connectivity index (χ3n) is 4.15. The van der Waals surface area contributed by atoms with E-state index in [-0.39, 0.29) is 6.54 Å². The molecule has 8 heteroatoms. The molecule has 0 aromatic carbocycles. The van der Waals surface area contributed by atoms with E-state index in [4.69, 9.17) is 0 Å². The maximum atomic E-state index is 13.4. The molecular formula is C16H16F5N3. The summed E-state index contributed by atoms with van der Waals surface area (Å²) in [6, 6.07) is 3.59. The molecule has 3 heterocycles. The molecule has 0 bridgehead atoms. The predicted molar refractivity (Wildman–Crippen MR) is 80.7 cm³/mol. The molecule has 0 aliphatic carbocycles. The fourth-order valence-corrected chi connectivity index (χ4v) is 3.11. The number of halogens is 5. The summed E-state index contributed by atoms with van der Waals surface area (Å²) in [5, 5.41) is 0.820. The minimum Gasteiger partial charge on any atom is -0.346 e. The molecule has 1 unspecified atom stereocenters. The zero-order valence-corrected chi connectivity index (χ0v) is 12.9. The molecule has 0 saturated carbocycles. The Hall–Kier alpha value is -1.96. The summed E-state index contributed by atoms with van der Waals surface area (Å²) in [5.74, 6) is -5.57. The number of likely N-dealkylation sites (N-methyl/N-ethyl adjacent to an activating group) is 1. The Morgan fingerprint density at radius 2 is 2.04 bits per heavy atom. The van der Waals surface area contributed by atoms with Gasteiger partial charge in [-0.2, -0.15) is 22.0 Å². The van der Waals surface area contributed by atoms with Crippen molar-refractivity contribution in [1.82, 2.24) is 14.9 Å². The molecule has 2 aromatic heterocycles. The third-order valence-corrected chi connectivity index (χ3v) is 4.15. The number of H-pyrrole nitrogens is 1. The first kappa shape index (κ1) is 16.9. The predicted octanol–water partition coefficient (Wildman–Crippen LogP) is 4.10. The van der Waals surface area contributed by atoms with Crippen LogP contribution in [0, 0.1) is 5.92 Å². The number of nitrogens with zero attached hydrogens (tertiary/aromatic N) is 2. The number of rotatable bonds is 3. The van der Waals surface area contributed by atoms with Crippen molar-refractivity contribution in [2.24, 2.45) is 5.92 Å². The van der Waals surface area contributed by atoms with Crippen molar-refractivity contribution in [1.29, 1.82) is 0 Å². The molecule has 0 amide bonds. The smallest absolute Gasteiger partial charge is 0.346 e. The van der Waals surface area contributed by atoms with Crippen LogP contribution in [0.2, 0.25) is 0 Å². The van der Waals surface area contributed by atoms with Crippen molar-refractivity contribution in [3.63, 3.8) is 0 Å². The number of hydrogen-bond acceptors (Lipinski definition) is 2. The summed E-state index contributed by atoms with van der Waals surface area (Å²) in [4.78, 5) is 8.90. The van der Waals surface area contributed by atoms with Gasteiger partial charge in [0.25, 0.3) is 0 Å². The van der Waals surface area contributed by atoms with Gasteiger partial charge in [-0.3, -0.25) is 0 Å². The van der Waals surface area contributed by atoms with Gasteiger partial charge in [-0.15, -0.1) is 0 Å². The Bertz CT molecular complexity index is 762. The van der Waals surface area contributed by atoms with Gasteiger partial charge in [0.1, 0.15) is 5.65 Å². The summed E-state index contributed by atoms with van der Waals surface area (Å²) >= 11 is 0. The van der Waals surface area contributed by atoms with Crippen LogP contribution in [-0.2, 0) is 0 Å². The highest BCUT2D eigenvalue weighted by atomic mass is 19.4. The lowest BCUT2D eigenvalue weighted by Gasteiger charge is -2.31. The first-order valence-electron chi connectivity index (χ1n) is 7.43. The van der Waals surface area contributed by atoms with Gasteiger partial charge in [0, 0.05) is 42.9 Å². The lowest BCUT2D eigenvalue weighted by Crippen LogP contribution is -2.41. The summed E-state index contributed by atoms with van der Waals surface area (Å²) in [6.45, 7) is 0.645. The fraction of sp³-hybridized carbons (Fsp3) is 0.438. The second-order valence-electron chi connectivity index (χ2n) is 6.16. The number of aromatic amines is 1. The molecule has 1 atom stereocenters. The Labute approximate surface area is 135 Å². The molecule has 130 valence electrons. The molecule has 1 aliphatic rings. The molecule has 2 aromatic rings. The molecule has 0 spiro atoms. The van der Waals surface area contributed by atoms with E-state index in [1.165, 1.54) is 6.08 Å². The highest BCUT2D eigenvalue weighted by Crippen LogP contribution is 2.41. The number of alkyl halides is 5. The van der Waals surface area contributed by atoms with Crippen LogP contribution in [0.1, 0.15) is 12.0 Å². The number of aromatic nitrogens is 2. The standard InChI is InChI=1S/C16H16F5N3/c1-24-8-10(6-15(17,18)16(19,20)21)5-11(9-24)13-7-23-14-12(13)3-2-4-22-14/h2-5,7,10H,6,8-9H2,1H3,(H,22,23). The van der Waals surface area contributed by atoms with Gasteiger partial charge >= 0.3 is 12.1 Å². The van der Waals surface area contributed by atoms with E-state index in [0.717, 1.165) is 16.5 Å². The average molecular weight is 345 g/mol. The van der Waals surface area contributed by atoms with Gasteiger partial charge < -0.3 is 9.88 Å². The van der Waals surface area contributed by atoms with E-state index in [2.05, 4.69) is 9.97 Å². The molecule has 0 saturated heterocycles. The van der Waals surface area contributed by atoms with Crippen molar-refractivity contribution in [2.45, 2.75) is 18.5 Å². The van der Waals surface area contributed by atoms with Gasteiger partial charge in [-0.1, -0.05) is 6.08 Å². The number of hydrogen-bond donors (Lipinski definition) is 1. The van der Waals surface area contributed by atoms with Gasteiger partial charge in [0.05, 0.1) is 0 Å². The monoisotopic (exact) mass is 345 g/mol. The zero-order valence-electron chi connectivity index (χ0n) is 12.9. The molecule has 0 radical (unpaired) electrons. The molecule has 1 aliphatic heterocycles. The van der Waals surface area contributed by atoms with Crippen molar-refractivity contribution in [3.8, 4) is 0 Å². The van der Waals surface area contributed by atoms with Crippen LogP contribution in [0.3, 0.4) is 0 Å². The highest BCUT2D eigenvalue weighted by molar-refractivity contribution is 5.91. The van der Waals surface area contributed by atoms with Crippen molar-refractivity contribution in [2.75, 3.05) is 20.1 Å². The minimum absolute atomic E-state index is 0.162. The van der Waals surface area contributed by atoms with Crippen molar-refractivity contribution in [3.05, 3.63) is 36.2 Å². The van der Waals surface area contributed by atoms with Gasteiger partial charge in [-0.25, -0.2) is 4.98 Å². The van der Waals surface area contributed by atoms with Crippen LogP contribution in [0.5, 0.6) is 0 Å². The lowest BCUT2D eigenvalue weighted by atomic mass is 9.91. The van der Waals surface area contributed by atoms with Crippen molar-refractivity contribution >= 4 is 16.6 Å². The quantitative estimate of drug-likeness (QED) is 0.850. The van der Waals surface area contributed by atoms with Crippen LogP contribution < -0.4 is 0 Å². The first-order chi connectivity index (χ1) is 11.2. The Balaban J connectivity index is 1.92. The molecule has 1 N–H and O–H groups in total. The zero-order chi connectivity index (χ0) is 17.5. The molecular weight excluding hydrogens is 329 g/mol. The Kier molecular flexibility index (Phi) is 4.11. The van der Waals surface area contributed by atoms with E-state index < -0.39 is 24.4 Å². The van der Waals surface area contributed by atoms with Crippen LogP contribution in [0.15, 0.2) is 30.6 Å².